The number of nitrogens with zero attached hydrogens (tertiary/aromatic N) is 7. The first kappa shape index (κ1) is 15.0. The summed E-state index contributed by atoms with van der Waals surface area (Å²) in [5, 5.41) is 8.36. The highest BCUT2D eigenvalue weighted by Crippen LogP contribution is 2.22. The molecule has 0 atom stereocenters. The molecule has 25 heavy (non-hydrogen) atoms. The Morgan fingerprint density at radius 2 is 2.04 bits per heavy atom. The van der Waals surface area contributed by atoms with E-state index < -0.39 is 6.03 Å². The monoisotopic (exact) mass is 353 g/mol. The molecule has 0 radical (unpaired) electrons. The normalized spacial score (nSPS) is 10.7. The molecule has 0 unspecified atom stereocenters. The number of benzene rings is 1. The van der Waals surface area contributed by atoms with Crippen LogP contribution < -0.4 is 16.1 Å². The topological polar surface area (TPSA) is 128 Å². The van der Waals surface area contributed by atoms with Crippen molar-refractivity contribution in [2.45, 2.75) is 0 Å². The van der Waals surface area contributed by atoms with E-state index in [9.17, 15) is 4.79 Å². The first-order chi connectivity index (χ1) is 12.2. The van der Waals surface area contributed by atoms with E-state index in [2.05, 4.69) is 29.9 Å². The molecule has 11 heteroatoms. The number of urea groups is 1. The van der Waals surface area contributed by atoms with Crippen molar-refractivity contribution in [2.75, 3.05) is 16.1 Å². The van der Waals surface area contributed by atoms with Crippen molar-refractivity contribution in [1.29, 1.82) is 0 Å². The zero-order valence-corrected chi connectivity index (χ0v) is 13.5. The molecule has 0 bridgehead atoms. The van der Waals surface area contributed by atoms with Crippen molar-refractivity contribution in [1.82, 2.24) is 29.2 Å². The molecule has 0 saturated carbocycles. The fourth-order valence-corrected chi connectivity index (χ4v) is 2.69. The lowest BCUT2D eigenvalue weighted by Gasteiger charge is -2.23. The highest BCUT2D eigenvalue weighted by Gasteiger charge is 2.22. The van der Waals surface area contributed by atoms with Crippen molar-refractivity contribution < 1.29 is 4.79 Å². The van der Waals surface area contributed by atoms with E-state index in [-0.39, 0.29) is 5.82 Å². The summed E-state index contributed by atoms with van der Waals surface area (Å²) in [5.41, 5.74) is 7.28. The number of para-hydroxylation sites is 1. The molecule has 3 N–H and O–H groups in total. The number of hydrogen-bond acceptors (Lipinski definition) is 8. The maximum atomic E-state index is 12.9. The van der Waals surface area contributed by atoms with Gasteiger partial charge in [-0.1, -0.05) is 22.7 Å². The van der Waals surface area contributed by atoms with Gasteiger partial charge in [-0.3, -0.25) is 5.32 Å². The van der Waals surface area contributed by atoms with Crippen molar-refractivity contribution in [2.24, 2.45) is 0 Å². The van der Waals surface area contributed by atoms with Crippen LogP contribution in [0.15, 0.2) is 49.2 Å². The Morgan fingerprint density at radius 3 is 2.80 bits per heavy atom. The first-order valence-corrected chi connectivity index (χ1v) is 7.88. The standard InChI is InChI=1S/C14H11N9OS/c15-12-11-13(17-7-16-12)22(8-18-11)23(9-4-2-1-3-5-9)14(24)20-10-6-19-21-25-10/h1-8H,(H,20,24)(H2,15,16,17). The number of fused-ring (bicyclic) bond motifs is 1. The van der Waals surface area contributed by atoms with Gasteiger partial charge in [0.2, 0.25) is 0 Å². The van der Waals surface area contributed by atoms with E-state index in [1.165, 1.54) is 28.5 Å². The number of rotatable bonds is 3. The van der Waals surface area contributed by atoms with Gasteiger partial charge in [0.25, 0.3) is 0 Å². The summed E-state index contributed by atoms with van der Waals surface area (Å²) in [7, 11) is 0. The summed E-state index contributed by atoms with van der Waals surface area (Å²) in [4.78, 5) is 25.2. The third kappa shape index (κ3) is 2.72. The molecule has 3 heterocycles. The van der Waals surface area contributed by atoms with Crippen molar-refractivity contribution in [3.05, 3.63) is 49.2 Å². The van der Waals surface area contributed by atoms with Crippen molar-refractivity contribution in [3.8, 4) is 0 Å². The molecule has 4 aromatic rings. The SMILES string of the molecule is Nc1ncnc2c1ncn2N(C(=O)Nc1cnns1)c1ccccc1. The number of nitrogens with two attached hydrogens (primary N) is 1. The van der Waals surface area contributed by atoms with Crippen LogP contribution in [-0.4, -0.2) is 35.2 Å². The van der Waals surface area contributed by atoms with E-state index in [1.807, 2.05) is 18.2 Å². The van der Waals surface area contributed by atoms with E-state index in [0.717, 1.165) is 11.5 Å². The van der Waals surface area contributed by atoms with Gasteiger partial charge >= 0.3 is 6.03 Å². The summed E-state index contributed by atoms with van der Waals surface area (Å²) in [6.07, 6.45) is 4.26. The number of nitrogens with one attached hydrogen (secondary N) is 1. The van der Waals surface area contributed by atoms with Gasteiger partial charge in [0.15, 0.2) is 17.0 Å². The number of hydrogen-bond donors (Lipinski definition) is 2. The number of carbonyl (C=O) groups excluding carboxylic acids is 1. The molecular weight excluding hydrogens is 342 g/mol. The molecule has 4 rings (SSSR count). The van der Waals surface area contributed by atoms with Gasteiger partial charge in [-0.15, -0.1) is 5.10 Å². The van der Waals surface area contributed by atoms with Gasteiger partial charge < -0.3 is 5.73 Å². The second kappa shape index (κ2) is 6.13. The van der Waals surface area contributed by atoms with Gasteiger partial charge in [0.1, 0.15) is 17.7 Å². The highest BCUT2D eigenvalue weighted by atomic mass is 32.1. The second-order valence-electron chi connectivity index (χ2n) is 4.88. The molecule has 0 saturated heterocycles. The average Bonchev–Trinajstić information content (AvgIpc) is 3.27. The predicted octanol–water partition coefficient (Wildman–Crippen LogP) is 1.76. The minimum Gasteiger partial charge on any atom is -0.382 e. The van der Waals surface area contributed by atoms with Crippen LogP contribution in [0.3, 0.4) is 0 Å². The molecule has 10 nitrogen and oxygen atoms in total. The predicted molar refractivity (Wildman–Crippen MR) is 93.0 cm³/mol. The fraction of sp³-hybridized carbons (Fsp3) is 0. The number of carbonyl (C=O) groups is 1. The Balaban J connectivity index is 1.82. The number of amides is 2. The quantitative estimate of drug-likeness (QED) is 0.574. The molecule has 2 amide bonds. The summed E-state index contributed by atoms with van der Waals surface area (Å²) in [6.45, 7) is 0. The number of imidazole rings is 1. The Morgan fingerprint density at radius 1 is 1.20 bits per heavy atom. The van der Waals surface area contributed by atoms with E-state index in [1.54, 1.807) is 12.1 Å². The molecule has 3 aromatic heterocycles. The van der Waals surface area contributed by atoms with E-state index in [4.69, 9.17) is 5.73 Å². The van der Waals surface area contributed by atoms with Crippen LogP contribution in [0.4, 0.5) is 21.3 Å². The largest absolute Gasteiger partial charge is 0.382 e. The van der Waals surface area contributed by atoms with Crippen LogP contribution >= 0.6 is 11.5 Å². The van der Waals surface area contributed by atoms with Crippen LogP contribution in [0, 0.1) is 0 Å². The maximum Gasteiger partial charge on any atom is 0.346 e. The van der Waals surface area contributed by atoms with E-state index >= 15 is 0 Å². The molecule has 0 aliphatic heterocycles. The Labute approximate surface area is 145 Å². The van der Waals surface area contributed by atoms with Gasteiger partial charge in [-0.2, -0.15) is 5.01 Å². The highest BCUT2D eigenvalue weighted by molar-refractivity contribution is 7.10. The first-order valence-electron chi connectivity index (χ1n) is 7.11. The molecular formula is C14H11N9OS. The summed E-state index contributed by atoms with van der Waals surface area (Å²) < 4.78 is 5.24. The van der Waals surface area contributed by atoms with Gasteiger partial charge in [-0.25, -0.2) is 24.4 Å². The zero-order chi connectivity index (χ0) is 17.2. The average molecular weight is 353 g/mol. The smallest absolute Gasteiger partial charge is 0.346 e. The van der Waals surface area contributed by atoms with E-state index in [0.29, 0.717) is 21.9 Å². The molecule has 0 aliphatic rings. The van der Waals surface area contributed by atoms with Gasteiger partial charge in [0, 0.05) is 11.5 Å². The number of anilines is 3. The molecule has 0 fully saturated rings. The van der Waals surface area contributed by atoms with Crippen molar-refractivity contribution in [3.63, 3.8) is 0 Å². The molecule has 1 aromatic carbocycles. The lowest BCUT2D eigenvalue weighted by molar-refractivity contribution is 0.255. The summed E-state index contributed by atoms with van der Waals surface area (Å²) in [5.74, 6) is 0.240. The fourth-order valence-electron chi connectivity index (χ4n) is 2.28. The van der Waals surface area contributed by atoms with Crippen LogP contribution in [0.1, 0.15) is 0 Å². The van der Waals surface area contributed by atoms with Gasteiger partial charge in [0.05, 0.1) is 11.9 Å². The lowest BCUT2D eigenvalue weighted by Crippen LogP contribution is -2.39. The molecule has 0 aliphatic carbocycles. The third-order valence-electron chi connectivity index (χ3n) is 3.34. The number of nitrogen functional groups attached to an aromatic ring is 1. The Kier molecular flexibility index (Phi) is 3.67. The van der Waals surface area contributed by atoms with Crippen LogP contribution in [0.25, 0.3) is 11.2 Å². The zero-order valence-electron chi connectivity index (χ0n) is 12.6. The van der Waals surface area contributed by atoms with Gasteiger partial charge in [-0.05, 0) is 12.1 Å². The third-order valence-corrected chi connectivity index (χ3v) is 3.92. The molecule has 124 valence electrons. The maximum absolute atomic E-state index is 12.9. The second-order valence-corrected chi connectivity index (χ2v) is 5.67. The summed E-state index contributed by atoms with van der Waals surface area (Å²) >= 11 is 1.08. The molecule has 0 spiro atoms. The minimum atomic E-state index is -0.422. The number of aromatic nitrogens is 6. The van der Waals surface area contributed by atoms with Crippen LogP contribution in [0.5, 0.6) is 0 Å². The summed E-state index contributed by atoms with van der Waals surface area (Å²) in [6, 6.07) is 8.67. The Hall–Kier alpha value is -3.60. The lowest BCUT2D eigenvalue weighted by atomic mass is 10.3. The van der Waals surface area contributed by atoms with Crippen molar-refractivity contribution >= 4 is 45.2 Å². The Bertz CT molecular complexity index is 1020. The van der Waals surface area contributed by atoms with Crippen LogP contribution in [-0.2, 0) is 0 Å². The van der Waals surface area contributed by atoms with Crippen LogP contribution in [0.2, 0.25) is 0 Å². The minimum absolute atomic E-state index is 0.240.